The summed E-state index contributed by atoms with van der Waals surface area (Å²) >= 11 is 4.99. The lowest BCUT2D eigenvalue weighted by Crippen LogP contribution is -2.17. The van der Waals surface area contributed by atoms with Gasteiger partial charge in [-0.3, -0.25) is 10.1 Å². The molecule has 4 aromatic rings. The standard InChI is InChI=1S/C22H15BrFN3O2S/c23-18-6-2-1-5-17(18)21-14-30-22(25-19-7-3-4-8-20(19)27(28)29)26(21)13-15-9-11-16(24)12-10-15/h1-12,14H,13H2. The number of nitrogens with zero attached hydrogens (tertiary/aromatic N) is 3. The zero-order valence-electron chi connectivity index (χ0n) is 15.5. The molecule has 0 atom stereocenters. The molecule has 8 heteroatoms. The molecule has 0 saturated carbocycles. The van der Waals surface area contributed by atoms with E-state index in [4.69, 9.17) is 0 Å². The second-order valence-electron chi connectivity index (χ2n) is 6.45. The van der Waals surface area contributed by atoms with Crippen molar-refractivity contribution >= 4 is 38.6 Å². The van der Waals surface area contributed by atoms with Crippen LogP contribution >= 0.6 is 27.3 Å². The van der Waals surface area contributed by atoms with E-state index in [0.717, 1.165) is 21.3 Å². The van der Waals surface area contributed by atoms with Crippen LogP contribution in [0.5, 0.6) is 0 Å². The lowest BCUT2D eigenvalue weighted by atomic mass is 10.1. The van der Waals surface area contributed by atoms with Crippen LogP contribution in [-0.2, 0) is 6.54 Å². The molecule has 3 aromatic carbocycles. The predicted molar refractivity (Wildman–Crippen MR) is 119 cm³/mol. The van der Waals surface area contributed by atoms with Crippen molar-refractivity contribution in [3.63, 3.8) is 0 Å². The molecule has 0 radical (unpaired) electrons. The normalized spacial score (nSPS) is 11.6. The third-order valence-electron chi connectivity index (χ3n) is 4.50. The van der Waals surface area contributed by atoms with Gasteiger partial charge in [0, 0.05) is 21.5 Å². The molecule has 1 aromatic heterocycles. The summed E-state index contributed by atoms with van der Waals surface area (Å²) in [6.07, 6.45) is 0. The van der Waals surface area contributed by atoms with Gasteiger partial charge in [0.2, 0.25) is 0 Å². The summed E-state index contributed by atoms with van der Waals surface area (Å²) in [7, 11) is 0. The van der Waals surface area contributed by atoms with Crippen LogP contribution in [0.15, 0.2) is 87.6 Å². The van der Waals surface area contributed by atoms with Crippen LogP contribution in [0.4, 0.5) is 15.8 Å². The molecule has 150 valence electrons. The minimum atomic E-state index is -0.439. The summed E-state index contributed by atoms with van der Waals surface area (Å²) in [5, 5.41) is 13.4. The van der Waals surface area contributed by atoms with Crippen LogP contribution in [0, 0.1) is 15.9 Å². The van der Waals surface area contributed by atoms with Gasteiger partial charge in [0.05, 0.1) is 17.2 Å². The summed E-state index contributed by atoms with van der Waals surface area (Å²) in [6, 6.07) is 20.5. The number of para-hydroxylation sites is 2. The number of halogens is 2. The zero-order valence-corrected chi connectivity index (χ0v) is 17.9. The third-order valence-corrected chi connectivity index (χ3v) is 6.05. The fourth-order valence-electron chi connectivity index (χ4n) is 3.04. The first-order valence-electron chi connectivity index (χ1n) is 8.99. The summed E-state index contributed by atoms with van der Waals surface area (Å²) in [6.45, 7) is 0.444. The number of aromatic nitrogens is 1. The molecular formula is C22H15BrFN3O2S. The van der Waals surface area contributed by atoms with Crippen molar-refractivity contribution in [2.24, 2.45) is 4.99 Å². The van der Waals surface area contributed by atoms with Gasteiger partial charge >= 0.3 is 0 Å². The van der Waals surface area contributed by atoms with Crippen LogP contribution in [0.25, 0.3) is 11.3 Å². The number of hydrogen-bond acceptors (Lipinski definition) is 4. The number of thiazole rings is 1. The van der Waals surface area contributed by atoms with Crippen molar-refractivity contribution in [3.05, 3.63) is 109 Å². The number of nitro benzene ring substituents is 1. The molecular weight excluding hydrogens is 469 g/mol. The molecule has 4 rings (SSSR count). The Bertz CT molecular complexity index is 1280. The Morgan fingerprint density at radius 3 is 2.47 bits per heavy atom. The Hall–Kier alpha value is -3.10. The monoisotopic (exact) mass is 483 g/mol. The second-order valence-corrected chi connectivity index (χ2v) is 8.14. The quantitative estimate of drug-likeness (QED) is 0.246. The molecule has 0 N–H and O–H groups in total. The molecule has 0 bridgehead atoms. The van der Waals surface area contributed by atoms with Crippen molar-refractivity contribution in [3.8, 4) is 11.3 Å². The summed E-state index contributed by atoms with van der Waals surface area (Å²) in [4.78, 5) is 16.2. The maximum absolute atomic E-state index is 13.4. The Morgan fingerprint density at radius 1 is 1.03 bits per heavy atom. The van der Waals surface area contributed by atoms with E-state index in [0.29, 0.717) is 11.3 Å². The van der Waals surface area contributed by atoms with Gasteiger partial charge in [0.25, 0.3) is 5.69 Å². The highest BCUT2D eigenvalue weighted by Crippen LogP contribution is 2.30. The third kappa shape index (κ3) is 4.24. The Labute approximate surface area is 184 Å². The van der Waals surface area contributed by atoms with E-state index in [1.54, 1.807) is 30.3 Å². The predicted octanol–water partition coefficient (Wildman–Crippen LogP) is 6.31. The molecule has 0 aliphatic rings. The molecule has 0 aliphatic heterocycles. The first kappa shape index (κ1) is 20.2. The SMILES string of the molecule is O=[N+]([O-])c1ccccc1N=c1scc(-c2ccccc2Br)n1Cc1ccc(F)cc1. The second kappa shape index (κ2) is 8.73. The molecule has 1 heterocycles. The molecule has 0 amide bonds. The van der Waals surface area contributed by atoms with E-state index in [9.17, 15) is 14.5 Å². The van der Waals surface area contributed by atoms with Crippen molar-refractivity contribution in [1.29, 1.82) is 0 Å². The highest BCUT2D eigenvalue weighted by Gasteiger charge is 2.15. The van der Waals surface area contributed by atoms with Gasteiger partial charge in [-0.1, -0.05) is 58.4 Å². The lowest BCUT2D eigenvalue weighted by molar-refractivity contribution is -0.384. The highest BCUT2D eigenvalue weighted by molar-refractivity contribution is 9.10. The smallest absolute Gasteiger partial charge is 0.294 e. The van der Waals surface area contributed by atoms with Gasteiger partial charge in [-0.05, 0) is 29.8 Å². The van der Waals surface area contributed by atoms with E-state index in [-0.39, 0.29) is 17.2 Å². The number of benzene rings is 3. The number of hydrogen-bond donors (Lipinski definition) is 0. The molecule has 30 heavy (non-hydrogen) atoms. The fraction of sp³-hybridized carbons (Fsp3) is 0.0455. The molecule has 5 nitrogen and oxygen atoms in total. The van der Waals surface area contributed by atoms with Crippen LogP contribution in [0.3, 0.4) is 0 Å². The van der Waals surface area contributed by atoms with E-state index < -0.39 is 4.92 Å². The van der Waals surface area contributed by atoms with Crippen molar-refractivity contribution in [2.45, 2.75) is 6.54 Å². The molecule has 0 unspecified atom stereocenters. The largest absolute Gasteiger partial charge is 0.312 e. The molecule has 0 aliphatic carbocycles. The van der Waals surface area contributed by atoms with Crippen LogP contribution < -0.4 is 4.80 Å². The first-order valence-corrected chi connectivity index (χ1v) is 10.7. The van der Waals surface area contributed by atoms with Gasteiger partial charge in [-0.15, -0.1) is 11.3 Å². The Kier molecular flexibility index (Phi) is 5.87. The van der Waals surface area contributed by atoms with E-state index >= 15 is 0 Å². The lowest BCUT2D eigenvalue weighted by Gasteiger charge is -2.11. The average Bonchev–Trinajstić information content (AvgIpc) is 3.12. The first-order chi connectivity index (χ1) is 14.5. The van der Waals surface area contributed by atoms with Crippen LogP contribution in [-0.4, -0.2) is 9.49 Å². The Morgan fingerprint density at radius 2 is 1.73 bits per heavy atom. The van der Waals surface area contributed by atoms with Gasteiger partial charge < -0.3 is 4.57 Å². The molecule has 0 fully saturated rings. The number of rotatable bonds is 5. The number of nitro groups is 1. The van der Waals surface area contributed by atoms with E-state index in [2.05, 4.69) is 20.9 Å². The van der Waals surface area contributed by atoms with Crippen molar-refractivity contribution in [2.75, 3.05) is 0 Å². The highest BCUT2D eigenvalue weighted by atomic mass is 79.9. The zero-order chi connectivity index (χ0) is 21.1. The minimum Gasteiger partial charge on any atom is -0.312 e. The minimum absolute atomic E-state index is 0.0540. The fourth-order valence-corrected chi connectivity index (χ4v) is 4.44. The molecule has 0 saturated heterocycles. The van der Waals surface area contributed by atoms with Crippen LogP contribution in [0.1, 0.15) is 5.56 Å². The van der Waals surface area contributed by atoms with Crippen LogP contribution in [0.2, 0.25) is 0 Å². The van der Waals surface area contributed by atoms with Gasteiger partial charge in [-0.25, -0.2) is 9.38 Å². The van der Waals surface area contributed by atoms with Gasteiger partial charge in [0.15, 0.2) is 4.80 Å². The maximum Gasteiger partial charge on any atom is 0.294 e. The summed E-state index contributed by atoms with van der Waals surface area (Å²) in [5.74, 6) is -0.301. The van der Waals surface area contributed by atoms with E-state index in [1.807, 2.05) is 34.2 Å². The summed E-state index contributed by atoms with van der Waals surface area (Å²) < 4.78 is 16.3. The maximum atomic E-state index is 13.4. The van der Waals surface area contributed by atoms with Gasteiger partial charge in [0.1, 0.15) is 11.5 Å². The summed E-state index contributed by atoms with van der Waals surface area (Å²) in [5.41, 5.74) is 3.01. The Balaban J connectivity index is 1.90. The van der Waals surface area contributed by atoms with Gasteiger partial charge in [-0.2, -0.15) is 0 Å². The van der Waals surface area contributed by atoms with E-state index in [1.165, 1.54) is 29.5 Å². The topological polar surface area (TPSA) is 60.4 Å². The van der Waals surface area contributed by atoms with Crippen molar-refractivity contribution < 1.29 is 9.31 Å². The van der Waals surface area contributed by atoms with Crippen molar-refractivity contribution in [1.82, 2.24) is 4.57 Å². The molecule has 0 spiro atoms. The average molecular weight is 484 g/mol.